The quantitative estimate of drug-likeness (QED) is 0.842. The number of rotatable bonds is 3. The highest BCUT2D eigenvalue weighted by molar-refractivity contribution is 7.10. The summed E-state index contributed by atoms with van der Waals surface area (Å²) in [5, 5.41) is 8.22. The van der Waals surface area contributed by atoms with Crippen molar-refractivity contribution in [1.29, 1.82) is 0 Å². The third-order valence-corrected chi connectivity index (χ3v) is 4.77. The molecule has 1 amide bonds. The summed E-state index contributed by atoms with van der Waals surface area (Å²) in [6.07, 6.45) is 1.82. The molecule has 108 valence electrons. The van der Waals surface area contributed by atoms with Gasteiger partial charge in [-0.25, -0.2) is 5.01 Å². The van der Waals surface area contributed by atoms with Gasteiger partial charge in [0, 0.05) is 18.2 Å². The Morgan fingerprint density at radius 1 is 1.33 bits per heavy atom. The fraction of sp³-hybridized carbons (Fsp3) is 0.294. The molecule has 1 unspecified atom stereocenters. The average molecular weight is 298 g/mol. The van der Waals surface area contributed by atoms with Gasteiger partial charge >= 0.3 is 0 Å². The molecule has 1 aliphatic rings. The van der Waals surface area contributed by atoms with Crippen LogP contribution in [0.3, 0.4) is 0 Å². The first-order valence-electron chi connectivity index (χ1n) is 7.19. The molecule has 2 aromatic rings. The average Bonchev–Trinajstić information content (AvgIpc) is 3.16. The van der Waals surface area contributed by atoms with Crippen LogP contribution in [0.2, 0.25) is 0 Å². The minimum Gasteiger partial charge on any atom is -0.273 e. The predicted octanol–water partition coefficient (Wildman–Crippen LogP) is 4.01. The first-order valence-corrected chi connectivity index (χ1v) is 8.07. The van der Waals surface area contributed by atoms with E-state index in [1.54, 1.807) is 23.3 Å². The van der Waals surface area contributed by atoms with Crippen LogP contribution in [0.5, 0.6) is 0 Å². The van der Waals surface area contributed by atoms with Crippen LogP contribution in [0.25, 0.3) is 0 Å². The summed E-state index contributed by atoms with van der Waals surface area (Å²) in [4.78, 5) is 13.0. The topological polar surface area (TPSA) is 32.7 Å². The summed E-state index contributed by atoms with van der Waals surface area (Å²) in [7, 11) is 0. The highest BCUT2D eigenvalue weighted by Gasteiger charge is 2.31. The lowest BCUT2D eigenvalue weighted by atomic mass is 10.0. The number of thiophene rings is 1. The fourth-order valence-corrected chi connectivity index (χ4v) is 3.42. The van der Waals surface area contributed by atoms with E-state index in [2.05, 4.69) is 42.4 Å². The Morgan fingerprint density at radius 3 is 2.67 bits per heavy atom. The Balaban J connectivity index is 1.89. The number of nitrogens with zero attached hydrogens (tertiary/aromatic N) is 2. The number of hydrazone groups is 1. The van der Waals surface area contributed by atoms with Crippen molar-refractivity contribution >= 4 is 23.0 Å². The number of carbonyl (C=O) groups excluding carboxylic acids is 1. The molecule has 0 saturated heterocycles. The SMILES string of the molecule is CCc1ccc(C2=NN(C(C)=O)C(c3cccs3)C2)cc1. The molecule has 3 nitrogen and oxygen atoms in total. The van der Waals surface area contributed by atoms with Crippen molar-refractivity contribution in [2.24, 2.45) is 5.10 Å². The van der Waals surface area contributed by atoms with E-state index in [0.29, 0.717) is 0 Å². The maximum Gasteiger partial charge on any atom is 0.240 e. The van der Waals surface area contributed by atoms with Gasteiger partial charge in [-0.2, -0.15) is 5.10 Å². The van der Waals surface area contributed by atoms with Crippen molar-refractivity contribution < 1.29 is 4.79 Å². The largest absolute Gasteiger partial charge is 0.273 e. The van der Waals surface area contributed by atoms with E-state index in [1.165, 1.54) is 10.4 Å². The van der Waals surface area contributed by atoms with Crippen molar-refractivity contribution in [2.45, 2.75) is 32.7 Å². The van der Waals surface area contributed by atoms with Crippen molar-refractivity contribution in [2.75, 3.05) is 0 Å². The Labute approximate surface area is 128 Å². The van der Waals surface area contributed by atoms with Crippen LogP contribution in [-0.2, 0) is 11.2 Å². The summed E-state index contributed by atoms with van der Waals surface area (Å²) < 4.78 is 0. The van der Waals surface area contributed by atoms with Gasteiger partial charge in [-0.1, -0.05) is 37.3 Å². The zero-order chi connectivity index (χ0) is 14.8. The Kier molecular flexibility index (Phi) is 3.88. The van der Waals surface area contributed by atoms with Gasteiger partial charge in [0.15, 0.2) is 0 Å². The van der Waals surface area contributed by atoms with Gasteiger partial charge < -0.3 is 0 Å². The van der Waals surface area contributed by atoms with Gasteiger partial charge in [0.1, 0.15) is 0 Å². The molecule has 2 heterocycles. The number of aryl methyl sites for hydroxylation is 1. The van der Waals surface area contributed by atoms with Crippen LogP contribution in [0.1, 0.15) is 42.3 Å². The Bertz CT molecular complexity index is 659. The van der Waals surface area contributed by atoms with Gasteiger partial charge in [0.25, 0.3) is 0 Å². The maximum absolute atomic E-state index is 11.9. The van der Waals surface area contributed by atoms with E-state index in [-0.39, 0.29) is 11.9 Å². The van der Waals surface area contributed by atoms with E-state index in [0.717, 1.165) is 24.1 Å². The van der Waals surface area contributed by atoms with Crippen LogP contribution in [0.4, 0.5) is 0 Å². The van der Waals surface area contributed by atoms with E-state index >= 15 is 0 Å². The highest BCUT2D eigenvalue weighted by atomic mass is 32.1. The molecule has 4 heteroatoms. The van der Waals surface area contributed by atoms with E-state index in [9.17, 15) is 4.79 Å². The van der Waals surface area contributed by atoms with Crippen LogP contribution in [-0.4, -0.2) is 16.6 Å². The maximum atomic E-state index is 11.9. The molecule has 0 bridgehead atoms. The molecule has 0 aliphatic carbocycles. The van der Waals surface area contributed by atoms with Crippen LogP contribution in [0, 0.1) is 0 Å². The lowest BCUT2D eigenvalue weighted by Gasteiger charge is -2.18. The van der Waals surface area contributed by atoms with Crippen molar-refractivity contribution in [3.8, 4) is 0 Å². The number of hydrogen-bond acceptors (Lipinski definition) is 3. The molecule has 0 saturated carbocycles. The molecule has 1 aromatic heterocycles. The molecule has 0 N–H and O–H groups in total. The molecule has 3 rings (SSSR count). The number of amides is 1. The first-order chi connectivity index (χ1) is 10.2. The van der Waals surface area contributed by atoms with Crippen molar-refractivity contribution in [3.05, 3.63) is 57.8 Å². The van der Waals surface area contributed by atoms with Crippen LogP contribution < -0.4 is 0 Å². The molecular formula is C17H18N2OS. The standard InChI is InChI=1S/C17H18N2OS/c1-3-13-6-8-14(9-7-13)15-11-16(17-5-4-10-21-17)19(18-15)12(2)20/h4-10,16H,3,11H2,1-2H3. The summed E-state index contributed by atoms with van der Waals surface area (Å²) in [6.45, 7) is 3.72. The number of carbonyl (C=O) groups is 1. The van der Waals surface area contributed by atoms with Crippen molar-refractivity contribution in [3.63, 3.8) is 0 Å². The Hall–Kier alpha value is -1.94. The molecule has 21 heavy (non-hydrogen) atoms. The third-order valence-electron chi connectivity index (χ3n) is 3.80. The summed E-state index contributed by atoms with van der Waals surface area (Å²) in [5.41, 5.74) is 3.42. The minimum atomic E-state index is -0.00595. The summed E-state index contributed by atoms with van der Waals surface area (Å²) >= 11 is 1.68. The van der Waals surface area contributed by atoms with Crippen molar-refractivity contribution in [1.82, 2.24) is 5.01 Å². The van der Waals surface area contributed by atoms with Gasteiger partial charge in [-0.15, -0.1) is 11.3 Å². The first kappa shape index (κ1) is 14.0. The lowest BCUT2D eigenvalue weighted by Crippen LogP contribution is -2.23. The second-order valence-corrected chi connectivity index (χ2v) is 6.18. The van der Waals surface area contributed by atoms with Gasteiger partial charge in [-0.05, 0) is 29.0 Å². The normalized spacial score (nSPS) is 17.9. The predicted molar refractivity (Wildman–Crippen MR) is 86.6 cm³/mol. The van der Waals surface area contributed by atoms with Gasteiger partial charge in [0.05, 0.1) is 11.8 Å². The summed E-state index contributed by atoms with van der Waals surface area (Å²) in [6, 6.07) is 12.6. The second-order valence-electron chi connectivity index (χ2n) is 5.20. The van der Waals surface area contributed by atoms with Gasteiger partial charge in [-0.3, -0.25) is 4.79 Å². The smallest absolute Gasteiger partial charge is 0.240 e. The third kappa shape index (κ3) is 2.76. The second kappa shape index (κ2) is 5.82. The van der Waals surface area contributed by atoms with E-state index in [4.69, 9.17) is 0 Å². The number of benzene rings is 1. The lowest BCUT2D eigenvalue weighted by molar-refractivity contribution is -0.130. The molecule has 1 aromatic carbocycles. The molecule has 0 fully saturated rings. The minimum absolute atomic E-state index is 0.00595. The Morgan fingerprint density at radius 2 is 2.10 bits per heavy atom. The van der Waals surface area contributed by atoms with Crippen LogP contribution in [0.15, 0.2) is 46.9 Å². The number of hydrogen-bond donors (Lipinski definition) is 0. The zero-order valence-electron chi connectivity index (χ0n) is 12.2. The zero-order valence-corrected chi connectivity index (χ0v) is 13.1. The highest BCUT2D eigenvalue weighted by Crippen LogP contribution is 2.35. The molecule has 0 radical (unpaired) electrons. The van der Waals surface area contributed by atoms with E-state index < -0.39 is 0 Å². The fourth-order valence-electron chi connectivity index (χ4n) is 2.61. The summed E-state index contributed by atoms with van der Waals surface area (Å²) in [5.74, 6) is -0.00595. The van der Waals surface area contributed by atoms with Gasteiger partial charge in [0.2, 0.25) is 5.91 Å². The monoisotopic (exact) mass is 298 g/mol. The van der Waals surface area contributed by atoms with Crippen LogP contribution >= 0.6 is 11.3 Å². The molecule has 0 spiro atoms. The van der Waals surface area contributed by atoms with E-state index in [1.807, 2.05) is 11.4 Å². The molecule has 1 aliphatic heterocycles. The molecular weight excluding hydrogens is 280 g/mol. The molecule has 1 atom stereocenters.